The molecule has 2 aromatic rings. The molecule has 1 N–H and O–H groups in total. The molecule has 0 radical (unpaired) electrons. The average molecular weight is 398 g/mol. The number of ether oxygens (including phenoxy) is 2. The highest BCUT2D eigenvalue weighted by molar-refractivity contribution is 5.81. The minimum Gasteiger partial charge on any atom is -0.497 e. The van der Waals surface area contributed by atoms with Gasteiger partial charge in [0, 0.05) is 37.9 Å². The number of piperazine rings is 1. The van der Waals surface area contributed by atoms with Crippen molar-refractivity contribution in [3.8, 4) is 11.5 Å². The van der Waals surface area contributed by atoms with Crippen LogP contribution in [0, 0.1) is 6.92 Å². The summed E-state index contributed by atoms with van der Waals surface area (Å²) in [5.74, 6) is 1.75. The van der Waals surface area contributed by atoms with E-state index in [0.29, 0.717) is 13.2 Å². The number of hydrogen-bond acceptors (Lipinski definition) is 5. The lowest BCUT2D eigenvalue weighted by molar-refractivity contribution is -0.126. The van der Waals surface area contributed by atoms with Crippen LogP contribution >= 0.6 is 0 Å². The quantitative estimate of drug-likeness (QED) is 0.694. The monoisotopic (exact) mass is 397 g/mol. The fourth-order valence-electron chi connectivity index (χ4n) is 3.54. The molecule has 0 aromatic heterocycles. The molecule has 1 saturated heterocycles. The summed E-state index contributed by atoms with van der Waals surface area (Å²) in [6.07, 6.45) is 0. The van der Waals surface area contributed by atoms with E-state index in [9.17, 15) is 4.79 Å². The van der Waals surface area contributed by atoms with Gasteiger partial charge in [-0.05, 0) is 43.7 Å². The van der Waals surface area contributed by atoms with Gasteiger partial charge in [-0.2, -0.15) is 0 Å². The molecular formula is C23H31N3O3. The topological polar surface area (TPSA) is 54.0 Å². The Morgan fingerprint density at radius 1 is 1.07 bits per heavy atom. The van der Waals surface area contributed by atoms with Crippen molar-refractivity contribution in [2.75, 3.05) is 51.3 Å². The number of benzene rings is 2. The van der Waals surface area contributed by atoms with Gasteiger partial charge in [0.15, 0.2) is 0 Å². The zero-order valence-corrected chi connectivity index (χ0v) is 17.6. The molecule has 0 aliphatic carbocycles. The fraction of sp³-hybridized carbons (Fsp3) is 0.435. The lowest BCUT2D eigenvalue weighted by Gasteiger charge is -2.38. The number of nitrogens with zero attached hydrogens (tertiary/aromatic N) is 2. The molecule has 1 heterocycles. The Bertz CT molecular complexity index is 803. The third kappa shape index (κ3) is 5.87. The molecule has 1 aliphatic rings. The number of nitrogens with one attached hydrogen (secondary N) is 1. The van der Waals surface area contributed by atoms with E-state index < -0.39 is 0 Å². The van der Waals surface area contributed by atoms with Gasteiger partial charge in [-0.1, -0.05) is 18.2 Å². The smallest absolute Gasteiger partial charge is 0.237 e. The first kappa shape index (κ1) is 21.0. The van der Waals surface area contributed by atoms with Crippen molar-refractivity contribution in [3.05, 3.63) is 54.1 Å². The zero-order valence-electron chi connectivity index (χ0n) is 17.6. The number of amides is 1. The van der Waals surface area contributed by atoms with Crippen LogP contribution in [0.1, 0.15) is 12.5 Å². The standard InChI is InChI=1S/C23H31N3O3/c1-18-6-4-9-22(16-18)29-15-10-24-23(27)19(2)25-11-13-26(14-12-25)20-7-5-8-21(17-20)28-3/h4-9,16-17,19H,10-15H2,1-3H3,(H,24,27). The van der Waals surface area contributed by atoms with Gasteiger partial charge in [0.2, 0.25) is 5.91 Å². The minimum absolute atomic E-state index is 0.0488. The maximum Gasteiger partial charge on any atom is 0.237 e. The van der Waals surface area contributed by atoms with E-state index in [2.05, 4.69) is 27.2 Å². The second-order valence-electron chi connectivity index (χ2n) is 7.36. The molecule has 0 spiro atoms. The Hall–Kier alpha value is -2.73. The molecule has 1 atom stereocenters. The van der Waals surface area contributed by atoms with Crippen LogP contribution in [0.3, 0.4) is 0 Å². The molecule has 1 fully saturated rings. The normalized spacial score (nSPS) is 15.6. The summed E-state index contributed by atoms with van der Waals surface area (Å²) >= 11 is 0. The van der Waals surface area contributed by atoms with Crippen molar-refractivity contribution in [1.82, 2.24) is 10.2 Å². The summed E-state index contributed by atoms with van der Waals surface area (Å²) in [4.78, 5) is 17.1. The van der Waals surface area contributed by atoms with Crippen LogP contribution in [-0.4, -0.2) is 63.3 Å². The Morgan fingerprint density at radius 2 is 1.79 bits per heavy atom. The molecule has 1 unspecified atom stereocenters. The summed E-state index contributed by atoms with van der Waals surface area (Å²) in [6.45, 7) is 8.45. The van der Waals surface area contributed by atoms with Crippen molar-refractivity contribution in [2.45, 2.75) is 19.9 Å². The highest BCUT2D eigenvalue weighted by Gasteiger charge is 2.25. The molecule has 0 bridgehead atoms. The highest BCUT2D eigenvalue weighted by Crippen LogP contribution is 2.22. The number of hydrogen-bond donors (Lipinski definition) is 1. The lowest BCUT2D eigenvalue weighted by atomic mass is 10.2. The van der Waals surface area contributed by atoms with E-state index in [0.717, 1.165) is 48.9 Å². The van der Waals surface area contributed by atoms with Gasteiger partial charge < -0.3 is 19.7 Å². The van der Waals surface area contributed by atoms with Gasteiger partial charge >= 0.3 is 0 Å². The lowest BCUT2D eigenvalue weighted by Crippen LogP contribution is -2.54. The van der Waals surface area contributed by atoms with E-state index >= 15 is 0 Å². The van der Waals surface area contributed by atoms with Gasteiger partial charge in [-0.15, -0.1) is 0 Å². The van der Waals surface area contributed by atoms with Gasteiger partial charge in [-0.25, -0.2) is 0 Å². The number of carbonyl (C=O) groups is 1. The predicted molar refractivity (Wildman–Crippen MR) is 116 cm³/mol. The molecule has 6 heteroatoms. The average Bonchev–Trinajstić information content (AvgIpc) is 2.76. The van der Waals surface area contributed by atoms with Gasteiger partial charge in [0.05, 0.1) is 19.7 Å². The third-order valence-electron chi connectivity index (χ3n) is 5.32. The van der Waals surface area contributed by atoms with E-state index in [1.54, 1.807) is 7.11 Å². The largest absolute Gasteiger partial charge is 0.497 e. The summed E-state index contributed by atoms with van der Waals surface area (Å²) in [7, 11) is 1.68. The van der Waals surface area contributed by atoms with Crippen LogP contribution in [0.2, 0.25) is 0 Å². The van der Waals surface area contributed by atoms with Crippen LogP contribution in [0.5, 0.6) is 11.5 Å². The maximum absolute atomic E-state index is 12.5. The Morgan fingerprint density at radius 3 is 2.52 bits per heavy atom. The Labute approximate surface area is 173 Å². The van der Waals surface area contributed by atoms with Crippen LogP contribution < -0.4 is 19.7 Å². The summed E-state index contributed by atoms with van der Waals surface area (Å²) in [5, 5.41) is 2.99. The van der Waals surface area contributed by atoms with Gasteiger partial charge in [0.1, 0.15) is 18.1 Å². The summed E-state index contributed by atoms with van der Waals surface area (Å²) < 4.78 is 11.0. The molecule has 156 valence electrons. The summed E-state index contributed by atoms with van der Waals surface area (Å²) in [6, 6.07) is 15.9. The number of aryl methyl sites for hydroxylation is 1. The van der Waals surface area contributed by atoms with Crippen molar-refractivity contribution in [3.63, 3.8) is 0 Å². The van der Waals surface area contributed by atoms with E-state index in [-0.39, 0.29) is 11.9 Å². The first-order valence-corrected chi connectivity index (χ1v) is 10.2. The summed E-state index contributed by atoms with van der Waals surface area (Å²) in [5.41, 5.74) is 2.32. The molecule has 1 aliphatic heterocycles. The van der Waals surface area contributed by atoms with Crippen LogP contribution in [0.15, 0.2) is 48.5 Å². The molecule has 29 heavy (non-hydrogen) atoms. The molecule has 6 nitrogen and oxygen atoms in total. The Balaban J connectivity index is 1.40. The maximum atomic E-state index is 12.5. The minimum atomic E-state index is -0.151. The second-order valence-corrected chi connectivity index (χ2v) is 7.36. The predicted octanol–water partition coefficient (Wildman–Crippen LogP) is 2.71. The molecule has 0 saturated carbocycles. The van der Waals surface area contributed by atoms with Crippen LogP contribution in [-0.2, 0) is 4.79 Å². The number of anilines is 1. The number of rotatable bonds is 8. The van der Waals surface area contributed by atoms with Crippen molar-refractivity contribution < 1.29 is 14.3 Å². The first-order chi connectivity index (χ1) is 14.1. The number of carbonyl (C=O) groups excluding carboxylic acids is 1. The van der Waals surface area contributed by atoms with E-state index in [1.165, 1.54) is 0 Å². The van der Waals surface area contributed by atoms with Gasteiger partial charge in [-0.3, -0.25) is 9.69 Å². The zero-order chi connectivity index (χ0) is 20.6. The van der Waals surface area contributed by atoms with Crippen LogP contribution in [0.4, 0.5) is 5.69 Å². The Kier molecular flexibility index (Phi) is 7.36. The van der Waals surface area contributed by atoms with Crippen molar-refractivity contribution in [1.29, 1.82) is 0 Å². The fourth-order valence-corrected chi connectivity index (χ4v) is 3.54. The molecule has 3 rings (SSSR count). The molecule has 2 aromatic carbocycles. The van der Waals surface area contributed by atoms with Crippen LogP contribution in [0.25, 0.3) is 0 Å². The molecular weight excluding hydrogens is 366 g/mol. The first-order valence-electron chi connectivity index (χ1n) is 10.2. The van der Waals surface area contributed by atoms with Crippen molar-refractivity contribution >= 4 is 11.6 Å². The molecule has 1 amide bonds. The second kappa shape index (κ2) is 10.2. The SMILES string of the molecule is COc1cccc(N2CCN(C(C)C(=O)NCCOc3cccc(C)c3)CC2)c1. The van der Waals surface area contributed by atoms with Crippen molar-refractivity contribution in [2.24, 2.45) is 0 Å². The third-order valence-corrected chi connectivity index (χ3v) is 5.32. The van der Waals surface area contributed by atoms with Gasteiger partial charge in [0.25, 0.3) is 0 Å². The number of methoxy groups -OCH3 is 1. The van der Waals surface area contributed by atoms with E-state index in [4.69, 9.17) is 9.47 Å². The van der Waals surface area contributed by atoms with E-state index in [1.807, 2.05) is 50.2 Å². The highest BCUT2D eigenvalue weighted by atomic mass is 16.5.